The first-order valence-corrected chi connectivity index (χ1v) is 4.18. The lowest BCUT2D eigenvalue weighted by molar-refractivity contribution is -0.487. The van der Waals surface area contributed by atoms with E-state index in [1.165, 1.54) is 0 Å². The molecule has 72 valence electrons. The van der Waals surface area contributed by atoms with Crippen molar-refractivity contribution in [3.8, 4) is 0 Å². The van der Waals surface area contributed by atoms with E-state index < -0.39 is 5.97 Å². The van der Waals surface area contributed by atoms with Crippen molar-refractivity contribution >= 4 is 5.97 Å². The van der Waals surface area contributed by atoms with E-state index in [0.29, 0.717) is 6.61 Å². The average Bonchev–Trinajstić information content (AvgIpc) is 2.03. The summed E-state index contributed by atoms with van der Waals surface area (Å²) >= 11 is 0. The molecule has 0 bridgehead atoms. The molecule has 0 heterocycles. The maximum absolute atomic E-state index is 10.7. The fourth-order valence-corrected chi connectivity index (χ4v) is 0.391. The number of carbonyl (C=O) groups excluding carboxylic acids is 1. The summed E-state index contributed by atoms with van der Waals surface area (Å²) in [7, 11) is 0. The quantitative estimate of drug-likeness (QED) is 0.352. The third-order valence-electron chi connectivity index (χ3n) is 1.22. The first-order chi connectivity index (χ1) is 5.68. The second kappa shape index (κ2) is 7.06. The molecule has 0 radical (unpaired) electrons. The van der Waals surface area contributed by atoms with Gasteiger partial charge in [-0.25, -0.2) is 4.79 Å². The smallest absolute Gasteiger partial charge is 0.269 e. The van der Waals surface area contributed by atoms with E-state index in [1.807, 2.05) is 6.92 Å². The average molecular weight is 176 g/mol. The van der Waals surface area contributed by atoms with Crippen LogP contribution < -0.4 is 0 Å². The SMILES string of the molecule is CCCCOOOC(=O)C(C)C. The normalized spacial score (nSPS) is 10.3. The molecule has 0 aromatic rings. The van der Waals surface area contributed by atoms with Crippen LogP contribution in [0.2, 0.25) is 0 Å². The molecule has 0 fully saturated rings. The van der Waals surface area contributed by atoms with Gasteiger partial charge in [-0.15, -0.1) is 0 Å². The van der Waals surface area contributed by atoms with E-state index in [2.05, 4.69) is 14.8 Å². The summed E-state index contributed by atoms with van der Waals surface area (Å²) in [4.78, 5) is 19.6. The fraction of sp³-hybridized carbons (Fsp3) is 0.875. The molecule has 12 heavy (non-hydrogen) atoms. The number of hydrogen-bond acceptors (Lipinski definition) is 4. The third kappa shape index (κ3) is 6.12. The zero-order valence-electron chi connectivity index (χ0n) is 7.83. The fourth-order valence-electron chi connectivity index (χ4n) is 0.391. The van der Waals surface area contributed by atoms with Crippen molar-refractivity contribution in [1.29, 1.82) is 0 Å². The summed E-state index contributed by atoms with van der Waals surface area (Å²) in [6.07, 6.45) is 1.90. The second-order valence-electron chi connectivity index (χ2n) is 2.80. The Kier molecular flexibility index (Phi) is 6.70. The van der Waals surface area contributed by atoms with Gasteiger partial charge in [0.15, 0.2) is 0 Å². The molecule has 0 aliphatic carbocycles. The Balaban J connectivity index is 3.14. The molecule has 0 saturated carbocycles. The lowest BCUT2D eigenvalue weighted by atomic mass is 10.2. The van der Waals surface area contributed by atoms with Crippen LogP contribution in [-0.4, -0.2) is 12.6 Å². The van der Waals surface area contributed by atoms with Gasteiger partial charge >= 0.3 is 5.97 Å². The van der Waals surface area contributed by atoms with Crippen LogP contribution in [0.3, 0.4) is 0 Å². The van der Waals surface area contributed by atoms with Crippen LogP contribution in [0, 0.1) is 5.92 Å². The summed E-state index contributed by atoms with van der Waals surface area (Å²) in [5.74, 6) is -0.619. The van der Waals surface area contributed by atoms with Gasteiger partial charge < -0.3 is 0 Å². The highest BCUT2D eigenvalue weighted by Gasteiger charge is 2.09. The minimum absolute atomic E-state index is 0.195. The van der Waals surface area contributed by atoms with Crippen molar-refractivity contribution in [2.45, 2.75) is 33.6 Å². The Labute approximate surface area is 72.7 Å². The van der Waals surface area contributed by atoms with Gasteiger partial charge in [0.2, 0.25) is 0 Å². The monoisotopic (exact) mass is 176 g/mol. The molecule has 0 unspecified atom stereocenters. The van der Waals surface area contributed by atoms with E-state index in [0.717, 1.165) is 12.8 Å². The highest BCUT2D eigenvalue weighted by atomic mass is 17.5. The predicted molar refractivity (Wildman–Crippen MR) is 42.9 cm³/mol. The van der Waals surface area contributed by atoms with Crippen molar-refractivity contribution in [1.82, 2.24) is 0 Å². The third-order valence-corrected chi connectivity index (χ3v) is 1.22. The largest absolute Gasteiger partial charge is 0.348 e. The van der Waals surface area contributed by atoms with Crippen molar-refractivity contribution in [2.24, 2.45) is 5.92 Å². The molecule has 4 nitrogen and oxygen atoms in total. The molecule has 0 rings (SSSR count). The predicted octanol–water partition coefficient (Wildman–Crippen LogP) is 1.85. The van der Waals surface area contributed by atoms with Gasteiger partial charge in [0.05, 0.1) is 12.5 Å². The van der Waals surface area contributed by atoms with Crippen molar-refractivity contribution in [2.75, 3.05) is 6.61 Å². The molecule has 0 aliphatic heterocycles. The van der Waals surface area contributed by atoms with Gasteiger partial charge in [-0.3, -0.25) is 4.89 Å². The zero-order chi connectivity index (χ0) is 9.40. The van der Waals surface area contributed by atoms with Gasteiger partial charge in [-0.2, -0.15) is 4.89 Å². The first-order valence-electron chi connectivity index (χ1n) is 4.18. The molecule has 0 amide bonds. The summed E-state index contributed by atoms with van der Waals surface area (Å²) in [6, 6.07) is 0. The molecule has 0 spiro atoms. The number of unbranched alkanes of at least 4 members (excludes halogenated alkanes) is 1. The Hall–Kier alpha value is -0.610. The van der Waals surface area contributed by atoms with E-state index in [1.54, 1.807) is 13.8 Å². The van der Waals surface area contributed by atoms with Gasteiger partial charge in [0, 0.05) is 0 Å². The lowest BCUT2D eigenvalue weighted by Gasteiger charge is -2.03. The minimum atomic E-state index is -0.425. The maximum Gasteiger partial charge on any atom is 0.348 e. The standard InChI is InChI=1S/C8H16O4/c1-4-5-6-10-12-11-8(9)7(2)3/h7H,4-6H2,1-3H3. The zero-order valence-corrected chi connectivity index (χ0v) is 7.83. The van der Waals surface area contributed by atoms with Crippen LogP contribution in [0.15, 0.2) is 0 Å². The van der Waals surface area contributed by atoms with Crippen LogP contribution in [-0.2, 0) is 19.6 Å². The summed E-state index contributed by atoms with van der Waals surface area (Å²) in [5.41, 5.74) is 0. The Morgan fingerprint density at radius 2 is 2.08 bits per heavy atom. The maximum atomic E-state index is 10.7. The van der Waals surface area contributed by atoms with E-state index in [4.69, 9.17) is 0 Å². The van der Waals surface area contributed by atoms with Crippen molar-refractivity contribution in [3.05, 3.63) is 0 Å². The summed E-state index contributed by atoms with van der Waals surface area (Å²) in [6.45, 7) is 5.92. The topological polar surface area (TPSA) is 44.8 Å². The molecule has 0 saturated heterocycles. The van der Waals surface area contributed by atoms with Crippen LogP contribution >= 0.6 is 0 Å². The van der Waals surface area contributed by atoms with Crippen molar-refractivity contribution < 1.29 is 19.6 Å². The molecular weight excluding hydrogens is 160 g/mol. The van der Waals surface area contributed by atoms with Crippen LogP contribution in [0.4, 0.5) is 0 Å². The molecule has 0 aliphatic rings. The Morgan fingerprint density at radius 1 is 1.42 bits per heavy atom. The minimum Gasteiger partial charge on any atom is -0.269 e. The van der Waals surface area contributed by atoms with Crippen LogP contribution in [0.1, 0.15) is 33.6 Å². The number of rotatable bonds is 6. The summed E-state index contributed by atoms with van der Waals surface area (Å²) in [5, 5.41) is 4.21. The summed E-state index contributed by atoms with van der Waals surface area (Å²) < 4.78 is 0. The second-order valence-corrected chi connectivity index (χ2v) is 2.80. The molecular formula is C8H16O4. The molecule has 0 N–H and O–H groups in total. The molecule has 0 atom stereocenters. The highest BCUT2D eigenvalue weighted by Crippen LogP contribution is 1.97. The highest BCUT2D eigenvalue weighted by molar-refractivity contribution is 5.70. The van der Waals surface area contributed by atoms with Gasteiger partial charge in [-0.05, 0) is 11.5 Å². The van der Waals surface area contributed by atoms with E-state index >= 15 is 0 Å². The molecule has 0 aromatic heterocycles. The van der Waals surface area contributed by atoms with Gasteiger partial charge in [-0.1, -0.05) is 27.2 Å². The number of carbonyl (C=O) groups is 1. The molecule has 4 heteroatoms. The van der Waals surface area contributed by atoms with E-state index in [-0.39, 0.29) is 5.92 Å². The molecule has 0 aromatic carbocycles. The first kappa shape index (κ1) is 11.4. The lowest BCUT2D eigenvalue weighted by Crippen LogP contribution is -2.12. The van der Waals surface area contributed by atoms with Crippen LogP contribution in [0.25, 0.3) is 0 Å². The Bertz CT molecular complexity index is 122. The van der Waals surface area contributed by atoms with Gasteiger partial charge in [0.25, 0.3) is 0 Å². The Morgan fingerprint density at radius 3 is 2.58 bits per heavy atom. The van der Waals surface area contributed by atoms with Crippen LogP contribution in [0.5, 0.6) is 0 Å². The van der Waals surface area contributed by atoms with E-state index in [9.17, 15) is 4.79 Å². The van der Waals surface area contributed by atoms with Crippen molar-refractivity contribution in [3.63, 3.8) is 0 Å². The van der Waals surface area contributed by atoms with Gasteiger partial charge in [0.1, 0.15) is 0 Å². The number of hydrogen-bond donors (Lipinski definition) is 0.